The number of anilines is 1. The summed E-state index contributed by atoms with van der Waals surface area (Å²) in [6, 6.07) is 7.60. The molecule has 1 aliphatic heterocycles. The van der Waals surface area contributed by atoms with Gasteiger partial charge in [0.1, 0.15) is 5.75 Å². The van der Waals surface area contributed by atoms with E-state index in [9.17, 15) is 4.79 Å². The first-order chi connectivity index (χ1) is 9.53. The van der Waals surface area contributed by atoms with Crippen LogP contribution in [0, 0.1) is 5.41 Å². The summed E-state index contributed by atoms with van der Waals surface area (Å²) in [5.74, 6) is 0.870. The maximum absolute atomic E-state index is 12.3. The Morgan fingerprint density at radius 1 is 1.55 bits per heavy atom. The van der Waals surface area contributed by atoms with Crippen LogP contribution in [0.1, 0.15) is 33.6 Å². The number of ether oxygens (including phenoxy) is 1. The third-order valence-electron chi connectivity index (χ3n) is 3.92. The molecule has 1 amide bonds. The van der Waals surface area contributed by atoms with E-state index in [1.165, 1.54) is 0 Å². The molecule has 0 spiro atoms. The summed E-state index contributed by atoms with van der Waals surface area (Å²) in [7, 11) is 0. The first-order valence-corrected chi connectivity index (χ1v) is 7.32. The third-order valence-corrected chi connectivity index (χ3v) is 3.92. The van der Waals surface area contributed by atoms with Gasteiger partial charge in [-0.1, -0.05) is 13.0 Å². The summed E-state index contributed by atoms with van der Waals surface area (Å²) < 4.78 is 5.77. The molecule has 2 unspecified atom stereocenters. The molecule has 110 valence electrons. The normalized spacial score (nSPS) is 23.4. The van der Waals surface area contributed by atoms with Gasteiger partial charge in [-0.15, -0.1) is 0 Å². The fraction of sp³-hybridized carbons (Fsp3) is 0.562. The van der Waals surface area contributed by atoms with Crippen molar-refractivity contribution in [3.05, 3.63) is 24.3 Å². The molecule has 2 atom stereocenters. The smallest absolute Gasteiger partial charge is 0.231 e. The molecule has 4 heteroatoms. The molecule has 0 radical (unpaired) electrons. The van der Waals surface area contributed by atoms with E-state index in [0.29, 0.717) is 0 Å². The van der Waals surface area contributed by atoms with Gasteiger partial charge in [0.2, 0.25) is 5.91 Å². The number of rotatable bonds is 5. The van der Waals surface area contributed by atoms with Crippen LogP contribution in [0.15, 0.2) is 24.3 Å². The molecular formula is C16H24N2O2. The zero-order valence-corrected chi connectivity index (χ0v) is 12.5. The molecule has 0 saturated carbocycles. The average molecular weight is 276 g/mol. The molecule has 1 heterocycles. The minimum absolute atomic E-state index is 0.0724. The van der Waals surface area contributed by atoms with Gasteiger partial charge in [-0.25, -0.2) is 0 Å². The van der Waals surface area contributed by atoms with Crippen molar-refractivity contribution in [1.82, 2.24) is 5.32 Å². The van der Waals surface area contributed by atoms with E-state index in [0.717, 1.165) is 37.4 Å². The molecule has 1 aliphatic rings. The highest BCUT2D eigenvalue weighted by molar-refractivity contribution is 5.95. The van der Waals surface area contributed by atoms with Crippen molar-refractivity contribution in [2.45, 2.75) is 39.7 Å². The van der Waals surface area contributed by atoms with E-state index in [-0.39, 0.29) is 17.4 Å². The second kappa shape index (κ2) is 6.27. The van der Waals surface area contributed by atoms with Crippen molar-refractivity contribution < 1.29 is 9.53 Å². The summed E-state index contributed by atoms with van der Waals surface area (Å²) in [5.41, 5.74) is 0.483. The standard InChI is InChI=1S/C16H24N2O2/c1-4-12(2)20-14-7-5-6-13(10-14)18-15(19)16(3)8-9-17-11-16/h5-7,10,12,17H,4,8-9,11H2,1-3H3,(H,18,19). The van der Waals surface area contributed by atoms with E-state index < -0.39 is 0 Å². The third kappa shape index (κ3) is 3.51. The molecule has 0 aromatic heterocycles. The Labute approximate surface area is 120 Å². The van der Waals surface area contributed by atoms with Gasteiger partial charge >= 0.3 is 0 Å². The van der Waals surface area contributed by atoms with Crippen LogP contribution >= 0.6 is 0 Å². The van der Waals surface area contributed by atoms with Gasteiger partial charge in [-0.2, -0.15) is 0 Å². The summed E-state index contributed by atoms with van der Waals surface area (Å²) in [6.07, 6.45) is 2.01. The Kier molecular flexibility index (Phi) is 4.65. The Balaban J connectivity index is 2.02. The molecule has 0 aliphatic carbocycles. The van der Waals surface area contributed by atoms with Crippen LogP contribution in [0.4, 0.5) is 5.69 Å². The minimum Gasteiger partial charge on any atom is -0.491 e. The fourth-order valence-corrected chi connectivity index (χ4v) is 2.26. The number of carbonyl (C=O) groups excluding carboxylic acids is 1. The van der Waals surface area contributed by atoms with Crippen LogP contribution in [0.3, 0.4) is 0 Å². The first kappa shape index (κ1) is 14.9. The topological polar surface area (TPSA) is 50.4 Å². The SMILES string of the molecule is CCC(C)Oc1cccc(NC(=O)C2(C)CCNC2)c1. The van der Waals surface area contributed by atoms with Crippen LogP contribution in [-0.2, 0) is 4.79 Å². The van der Waals surface area contributed by atoms with Crippen LogP contribution in [0.2, 0.25) is 0 Å². The van der Waals surface area contributed by atoms with E-state index in [4.69, 9.17) is 4.74 Å². The fourth-order valence-electron chi connectivity index (χ4n) is 2.26. The summed E-state index contributed by atoms with van der Waals surface area (Å²) in [5, 5.41) is 6.24. The number of amides is 1. The van der Waals surface area contributed by atoms with Crippen molar-refractivity contribution in [3.63, 3.8) is 0 Å². The van der Waals surface area contributed by atoms with Crippen LogP contribution in [-0.4, -0.2) is 25.1 Å². The zero-order chi connectivity index (χ0) is 14.6. The van der Waals surface area contributed by atoms with E-state index in [1.54, 1.807) is 0 Å². The van der Waals surface area contributed by atoms with Crippen LogP contribution in [0.5, 0.6) is 5.75 Å². The molecule has 2 rings (SSSR count). The van der Waals surface area contributed by atoms with Crippen molar-refractivity contribution in [3.8, 4) is 5.75 Å². The first-order valence-electron chi connectivity index (χ1n) is 7.32. The molecule has 1 fully saturated rings. The lowest BCUT2D eigenvalue weighted by Crippen LogP contribution is -2.35. The number of hydrogen-bond acceptors (Lipinski definition) is 3. The number of hydrogen-bond donors (Lipinski definition) is 2. The lowest BCUT2D eigenvalue weighted by atomic mass is 9.89. The number of carbonyl (C=O) groups is 1. The molecule has 1 saturated heterocycles. The van der Waals surface area contributed by atoms with Crippen molar-refractivity contribution in [2.75, 3.05) is 18.4 Å². The number of benzene rings is 1. The summed E-state index contributed by atoms with van der Waals surface area (Å²) in [4.78, 5) is 12.3. The Bertz CT molecular complexity index is 467. The Hall–Kier alpha value is -1.55. The van der Waals surface area contributed by atoms with Gasteiger partial charge in [-0.3, -0.25) is 4.79 Å². The van der Waals surface area contributed by atoms with Gasteiger partial charge in [-0.05, 0) is 45.4 Å². The maximum Gasteiger partial charge on any atom is 0.231 e. The van der Waals surface area contributed by atoms with Crippen molar-refractivity contribution in [2.24, 2.45) is 5.41 Å². The van der Waals surface area contributed by atoms with Crippen molar-refractivity contribution >= 4 is 11.6 Å². The minimum atomic E-state index is -0.312. The second-order valence-electron chi connectivity index (χ2n) is 5.81. The van der Waals surface area contributed by atoms with Gasteiger partial charge < -0.3 is 15.4 Å². The second-order valence-corrected chi connectivity index (χ2v) is 5.81. The van der Waals surface area contributed by atoms with E-state index in [1.807, 2.05) is 38.1 Å². The van der Waals surface area contributed by atoms with E-state index >= 15 is 0 Å². The molecule has 1 aromatic rings. The van der Waals surface area contributed by atoms with E-state index in [2.05, 4.69) is 17.6 Å². The molecule has 20 heavy (non-hydrogen) atoms. The van der Waals surface area contributed by atoms with Gasteiger partial charge in [0.05, 0.1) is 11.5 Å². The van der Waals surface area contributed by atoms with Gasteiger partial charge in [0.15, 0.2) is 0 Å². The molecule has 0 bridgehead atoms. The van der Waals surface area contributed by atoms with Gasteiger partial charge in [0, 0.05) is 18.3 Å². The van der Waals surface area contributed by atoms with Crippen LogP contribution < -0.4 is 15.4 Å². The predicted molar refractivity (Wildman–Crippen MR) is 81.0 cm³/mol. The molecular weight excluding hydrogens is 252 g/mol. The maximum atomic E-state index is 12.3. The lowest BCUT2D eigenvalue weighted by Gasteiger charge is -2.21. The highest BCUT2D eigenvalue weighted by atomic mass is 16.5. The summed E-state index contributed by atoms with van der Waals surface area (Å²) in [6.45, 7) is 7.77. The molecule has 4 nitrogen and oxygen atoms in total. The predicted octanol–water partition coefficient (Wildman–Crippen LogP) is 2.80. The van der Waals surface area contributed by atoms with Crippen molar-refractivity contribution in [1.29, 1.82) is 0 Å². The molecule has 2 N–H and O–H groups in total. The lowest BCUT2D eigenvalue weighted by molar-refractivity contribution is -0.123. The average Bonchev–Trinajstić information content (AvgIpc) is 2.87. The van der Waals surface area contributed by atoms with Crippen LogP contribution in [0.25, 0.3) is 0 Å². The highest BCUT2D eigenvalue weighted by Gasteiger charge is 2.36. The Morgan fingerprint density at radius 3 is 3.00 bits per heavy atom. The largest absolute Gasteiger partial charge is 0.491 e. The quantitative estimate of drug-likeness (QED) is 0.869. The zero-order valence-electron chi connectivity index (χ0n) is 12.5. The number of nitrogens with one attached hydrogen (secondary N) is 2. The Morgan fingerprint density at radius 2 is 2.35 bits per heavy atom. The molecule has 1 aromatic carbocycles. The highest BCUT2D eigenvalue weighted by Crippen LogP contribution is 2.27. The monoisotopic (exact) mass is 276 g/mol. The van der Waals surface area contributed by atoms with Gasteiger partial charge in [0.25, 0.3) is 0 Å². The summed E-state index contributed by atoms with van der Waals surface area (Å²) >= 11 is 0.